The van der Waals surface area contributed by atoms with Gasteiger partial charge >= 0.3 is 0 Å². The fourth-order valence-electron chi connectivity index (χ4n) is 1.22. The molecule has 84 valence electrons. The number of aliphatic hydroxyl groups excluding tert-OH is 1. The summed E-state index contributed by atoms with van der Waals surface area (Å²) in [5.41, 5.74) is 2.66. The predicted molar refractivity (Wildman–Crippen MR) is 59.9 cm³/mol. The number of aryl methyl sites for hydroxylation is 1. The van der Waals surface area contributed by atoms with Crippen molar-refractivity contribution < 1.29 is 9.84 Å². The lowest BCUT2D eigenvalue weighted by Crippen LogP contribution is -2.19. The van der Waals surface area contributed by atoms with Crippen LogP contribution in [0.15, 0.2) is 12.3 Å². The molecule has 0 amide bonds. The number of ether oxygens (including phenoxy) is 1. The number of aromatic nitrogens is 1. The quantitative estimate of drug-likeness (QED) is 0.769. The number of methoxy groups -OCH3 is 1. The summed E-state index contributed by atoms with van der Waals surface area (Å²) in [7, 11) is 1.68. The monoisotopic (exact) mass is 210 g/mol. The van der Waals surface area contributed by atoms with E-state index in [1.807, 2.05) is 19.9 Å². The van der Waals surface area contributed by atoms with Gasteiger partial charge in [0.1, 0.15) is 0 Å². The van der Waals surface area contributed by atoms with Crippen LogP contribution < -0.4 is 5.32 Å². The summed E-state index contributed by atoms with van der Waals surface area (Å²) >= 11 is 0. The van der Waals surface area contributed by atoms with E-state index in [0.29, 0.717) is 6.54 Å². The van der Waals surface area contributed by atoms with Crippen LogP contribution >= 0.6 is 0 Å². The molecule has 1 aromatic rings. The average molecular weight is 210 g/mol. The van der Waals surface area contributed by atoms with Crippen LogP contribution in [0.3, 0.4) is 0 Å². The van der Waals surface area contributed by atoms with Gasteiger partial charge in [0.15, 0.2) is 0 Å². The molecule has 1 heterocycles. The third-order valence-corrected chi connectivity index (χ3v) is 2.28. The maximum Gasteiger partial charge on any atom is 0.0717 e. The first kappa shape index (κ1) is 11.9. The number of pyridine rings is 1. The molecule has 1 aromatic heterocycles. The number of anilines is 1. The molecule has 2 N–H and O–H groups in total. The molecule has 0 radical (unpaired) electrons. The van der Waals surface area contributed by atoms with Crippen LogP contribution in [0, 0.1) is 6.92 Å². The predicted octanol–water partition coefficient (Wildman–Crippen LogP) is 1.33. The molecule has 0 saturated carbocycles. The first-order chi connectivity index (χ1) is 7.17. The van der Waals surface area contributed by atoms with Gasteiger partial charge in [0, 0.05) is 36.8 Å². The van der Waals surface area contributed by atoms with E-state index in [0.717, 1.165) is 16.9 Å². The van der Waals surface area contributed by atoms with E-state index in [1.165, 1.54) is 0 Å². The third-order valence-electron chi connectivity index (χ3n) is 2.28. The van der Waals surface area contributed by atoms with Gasteiger partial charge in [0.05, 0.1) is 12.7 Å². The fraction of sp³-hybridized carbons (Fsp3) is 0.545. The highest BCUT2D eigenvalue weighted by atomic mass is 16.5. The van der Waals surface area contributed by atoms with Gasteiger partial charge in [0.25, 0.3) is 0 Å². The number of rotatable bonds is 5. The Kier molecular flexibility index (Phi) is 4.52. The van der Waals surface area contributed by atoms with Crippen molar-refractivity contribution in [1.82, 2.24) is 4.98 Å². The Morgan fingerprint density at radius 3 is 2.93 bits per heavy atom. The van der Waals surface area contributed by atoms with Crippen LogP contribution in [0.25, 0.3) is 0 Å². The van der Waals surface area contributed by atoms with E-state index in [1.54, 1.807) is 13.3 Å². The standard InChI is InChI=1S/C11H18N2O2/c1-8-4-11(10(7-14)6-12-8)13-5-9(2)15-3/h4,6,9,14H,5,7H2,1-3H3,(H,12,13). The van der Waals surface area contributed by atoms with Gasteiger partial charge in [-0.05, 0) is 19.9 Å². The first-order valence-electron chi connectivity index (χ1n) is 5.00. The van der Waals surface area contributed by atoms with Crippen molar-refractivity contribution in [2.24, 2.45) is 0 Å². The Morgan fingerprint density at radius 1 is 1.60 bits per heavy atom. The topological polar surface area (TPSA) is 54.4 Å². The second-order valence-electron chi connectivity index (χ2n) is 3.57. The minimum atomic E-state index is -0.00300. The lowest BCUT2D eigenvalue weighted by molar-refractivity contribution is 0.128. The largest absolute Gasteiger partial charge is 0.392 e. The molecule has 0 aromatic carbocycles. The smallest absolute Gasteiger partial charge is 0.0717 e. The zero-order valence-electron chi connectivity index (χ0n) is 9.45. The highest BCUT2D eigenvalue weighted by Gasteiger charge is 2.04. The zero-order valence-corrected chi connectivity index (χ0v) is 9.45. The maximum absolute atomic E-state index is 9.12. The summed E-state index contributed by atoms with van der Waals surface area (Å²) < 4.78 is 5.14. The normalized spacial score (nSPS) is 12.5. The molecular formula is C11H18N2O2. The van der Waals surface area contributed by atoms with Crippen LogP contribution in [-0.4, -0.2) is 29.8 Å². The highest BCUT2D eigenvalue weighted by molar-refractivity contribution is 5.50. The van der Waals surface area contributed by atoms with Crippen molar-refractivity contribution in [3.05, 3.63) is 23.5 Å². The minimum absolute atomic E-state index is 0.00300. The first-order valence-corrected chi connectivity index (χ1v) is 5.00. The molecule has 0 aliphatic carbocycles. The second-order valence-corrected chi connectivity index (χ2v) is 3.57. The minimum Gasteiger partial charge on any atom is -0.392 e. The Balaban J connectivity index is 2.69. The van der Waals surface area contributed by atoms with Gasteiger partial charge in [-0.3, -0.25) is 4.98 Å². The molecule has 0 fully saturated rings. The van der Waals surface area contributed by atoms with Crippen molar-refractivity contribution in [2.75, 3.05) is 19.0 Å². The molecule has 0 bridgehead atoms. The lowest BCUT2D eigenvalue weighted by Gasteiger charge is -2.14. The van der Waals surface area contributed by atoms with Gasteiger partial charge in [0.2, 0.25) is 0 Å². The van der Waals surface area contributed by atoms with E-state index in [4.69, 9.17) is 9.84 Å². The fourth-order valence-corrected chi connectivity index (χ4v) is 1.22. The molecule has 0 spiro atoms. The van der Waals surface area contributed by atoms with Crippen molar-refractivity contribution in [2.45, 2.75) is 26.6 Å². The van der Waals surface area contributed by atoms with Gasteiger partial charge in [-0.15, -0.1) is 0 Å². The second kappa shape index (κ2) is 5.68. The Labute approximate surface area is 90.3 Å². The van der Waals surface area contributed by atoms with Crippen LogP contribution in [-0.2, 0) is 11.3 Å². The van der Waals surface area contributed by atoms with Crippen LogP contribution in [0.1, 0.15) is 18.2 Å². The number of hydrogen-bond donors (Lipinski definition) is 2. The molecule has 1 rings (SSSR count). The molecule has 15 heavy (non-hydrogen) atoms. The van der Waals surface area contributed by atoms with Crippen molar-refractivity contribution in [3.8, 4) is 0 Å². The molecule has 4 heteroatoms. The summed E-state index contributed by atoms with van der Waals surface area (Å²) in [6.07, 6.45) is 1.83. The summed E-state index contributed by atoms with van der Waals surface area (Å²) in [5, 5.41) is 12.4. The number of aliphatic hydroxyl groups is 1. The average Bonchev–Trinajstić information content (AvgIpc) is 2.26. The Bertz CT molecular complexity index is 315. The molecular weight excluding hydrogens is 192 g/mol. The van der Waals surface area contributed by atoms with Gasteiger partial charge in [-0.2, -0.15) is 0 Å². The zero-order chi connectivity index (χ0) is 11.3. The Morgan fingerprint density at radius 2 is 2.33 bits per heavy atom. The Hall–Kier alpha value is -1.13. The maximum atomic E-state index is 9.12. The third kappa shape index (κ3) is 3.49. The molecule has 0 aliphatic rings. The van der Waals surface area contributed by atoms with Gasteiger partial charge in [-0.25, -0.2) is 0 Å². The van der Waals surface area contributed by atoms with Crippen molar-refractivity contribution >= 4 is 5.69 Å². The SMILES string of the molecule is COC(C)CNc1cc(C)ncc1CO. The number of nitrogens with one attached hydrogen (secondary N) is 1. The van der Waals surface area contributed by atoms with Crippen LogP contribution in [0.4, 0.5) is 5.69 Å². The summed E-state index contributed by atoms with van der Waals surface area (Å²) in [6, 6.07) is 1.92. The van der Waals surface area contributed by atoms with Gasteiger partial charge in [-0.1, -0.05) is 0 Å². The van der Waals surface area contributed by atoms with Gasteiger partial charge < -0.3 is 15.2 Å². The van der Waals surface area contributed by atoms with E-state index >= 15 is 0 Å². The summed E-state index contributed by atoms with van der Waals surface area (Å²) in [4.78, 5) is 4.13. The van der Waals surface area contributed by atoms with E-state index < -0.39 is 0 Å². The summed E-state index contributed by atoms with van der Waals surface area (Å²) in [6.45, 7) is 4.62. The van der Waals surface area contributed by atoms with Crippen LogP contribution in [0.2, 0.25) is 0 Å². The molecule has 4 nitrogen and oxygen atoms in total. The number of hydrogen-bond acceptors (Lipinski definition) is 4. The number of nitrogens with zero attached hydrogens (tertiary/aromatic N) is 1. The van der Waals surface area contributed by atoms with E-state index in [9.17, 15) is 0 Å². The molecule has 1 atom stereocenters. The molecule has 0 saturated heterocycles. The van der Waals surface area contributed by atoms with E-state index in [2.05, 4.69) is 10.3 Å². The lowest BCUT2D eigenvalue weighted by atomic mass is 10.2. The van der Waals surface area contributed by atoms with E-state index in [-0.39, 0.29) is 12.7 Å². The molecule has 1 unspecified atom stereocenters. The highest BCUT2D eigenvalue weighted by Crippen LogP contribution is 2.15. The summed E-state index contributed by atoms with van der Waals surface area (Å²) in [5.74, 6) is 0. The van der Waals surface area contributed by atoms with Crippen LogP contribution in [0.5, 0.6) is 0 Å². The molecule has 0 aliphatic heterocycles. The van der Waals surface area contributed by atoms with Crippen molar-refractivity contribution in [1.29, 1.82) is 0 Å². The van der Waals surface area contributed by atoms with Crippen molar-refractivity contribution in [3.63, 3.8) is 0 Å².